The highest BCUT2D eigenvalue weighted by Crippen LogP contribution is 2.19. The van der Waals surface area contributed by atoms with Crippen molar-refractivity contribution in [1.29, 1.82) is 0 Å². The van der Waals surface area contributed by atoms with Crippen LogP contribution >= 0.6 is 0 Å². The fourth-order valence-corrected chi connectivity index (χ4v) is 3.02. The summed E-state index contributed by atoms with van der Waals surface area (Å²) >= 11 is 0. The van der Waals surface area contributed by atoms with Gasteiger partial charge in [0.2, 0.25) is 15.7 Å². The van der Waals surface area contributed by atoms with Crippen LogP contribution in [0.5, 0.6) is 0 Å². The molecule has 8 nitrogen and oxygen atoms in total. The Balaban J connectivity index is 1.96. The zero-order valence-corrected chi connectivity index (χ0v) is 16.5. The Kier molecular flexibility index (Phi) is 7.59. The van der Waals surface area contributed by atoms with E-state index in [9.17, 15) is 31.6 Å². The second kappa shape index (κ2) is 9.92. The van der Waals surface area contributed by atoms with Gasteiger partial charge in [-0.15, -0.1) is 0 Å². The van der Waals surface area contributed by atoms with Gasteiger partial charge in [0.15, 0.2) is 0 Å². The molecule has 11 heteroatoms. The third kappa shape index (κ3) is 6.08. The van der Waals surface area contributed by atoms with Gasteiger partial charge >= 0.3 is 11.7 Å². The molecule has 0 saturated carbocycles. The van der Waals surface area contributed by atoms with Crippen LogP contribution in [0.2, 0.25) is 0 Å². The molecular formula is C19H18F2N2O6S. The monoisotopic (exact) mass is 440 g/mol. The summed E-state index contributed by atoms with van der Waals surface area (Å²) in [5.41, 5.74) is 1.12. The largest absolute Gasteiger partial charge is 0.468 e. The van der Waals surface area contributed by atoms with E-state index < -0.39 is 32.4 Å². The molecule has 0 aliphatic rings. The highest BCUT2D eigenvalue weighted by Gasteiger charge is 2.26. The second-order valence-corrected chi connectivity index (χ2v) is 7.93. The van der Waals surface area contributed by atoms with E-state index in [0.29, 0.717) is 11.3 Å². The van der Waals surface area contributed by atoms with E-state index in [0.717, 1.165) is 24.3 Å². The van der Waals surface area contributed by atoms with E-state index in [1.54, 1.807) is 24.3 Å². The maximum absolute atomic E-state index is 12.5. The molecule has 2 rings (SSSR count). The fourth-order valence-electron chi connectivity index (χ4n) is 2.30. The van der Waals surface area contributed by atoms with Gasteiger partial charge in [-0.25, -0.2) is 8.42 Å². The Morgan fingerprint density at radius 3 is 2.13 bits per heavy atom. The number of carbonyl (C=O) groups excluding carboxylic acids is 3. The van der Waals surface area contributed by atoms with Gasteiger partial charge in [0.25, 0.3) is 5.91 Å². The van der Waals surface area contributed by atoms with Crippen LogP contribution in [0.4, 0.5) is 14.5 Å². The molecule has 0 atom stereocenters. The number of sulfone groups is 1. The summed E-state index contributed by atoms with van der Waals surface area (Å²) in [6.45, 7) is -0.235. The maximum Gasteiger partial charge on any atom is 0.341 e. The fraction of sp³-hybridized carbons (Fsp3) is 0.211. The molecule has 0 aliphatic heterocycles. The number of methoxy groups -OCH3 is 1. The molecule has 2 aromatic carbocycles. The van der Waals surface area contributed by atoms with Gasteiger partial charge in [-0.3, -0.25) is 14.4 Å². The lowest BCUT2D eigenvalue weighted by molar-refractivity contribution is -0.141. The lowest BCUT2D eigenvalue weighted by Crippen LogP contribution is -2.31. The van der Waals surface area contributed by atoms with Crippen LogP contribution < -0.4 is 10.6 Å². The quantitative estimate of drug-likeness (QED) is 0.604. The molecule has 0 heterocycles. The van der Waals surface area contributed by atoms with Gasteiger partial charge in [-0.05, 0) is 42.0 Å². The lowest BCUT2D eigenvalue weighted by atomic mass is 10.1. The Labute approximate surface area is 171 Å². The van der Waals surface area contributed by atoms with Gasteiger partial charge in [0.1, 0.15) is 6.54 Å². The molecule has 2 aromatic rings. The van der Waals surface area contributed by atoms with Crippen molar-refractivity contribution in [2.45, 2.75) is 17.1 Å². The Hall–Kier alpha value is -3.34. The third-order valence-electron chi connectivity index (χ3n) is 3.91. The molecule has 0 radical (unpaired) electrons. The van der Waals surface area contributed by atoms with Gasteiger partial charge < -0.3 is 15.4 Å². The Morgan fingerprint density at radius 2 is 1.60 bits per heavy atom. The van der Waals surface area contributed by atoms with Crippen LogP contribution in [0.3, 0.4) is 0 Å². The van der Waals surface area contributed by atoms with E-state index in [1.165, 1.54) is 7.11 Å². The molecule has 0 fully saturated rings. The van der Waals surface area contributed by atoms with Crippen molar-refractivity contribution in [1.82, 2.24) is 5.32 Å². The molecule has 30 heavy (non-hydrogen) atoms. The van der Waals surface area contributed by atoms with E-state index in [4.69, 9.17) is 0 Å². The topological polar surface area (TPSA) is 119 Å². The van der Waals surface area contributed by atoms with E-state index >= 15 is 0 Å². The number of nitrogens with one attached hydrogen (secondary N) is 2. The molecular weight excluding hydrogens is 422 g/mol. The molecule has 0 aliphatic carbocycles. The number of rotatable bonds is 8. The summed E-state index contributed by atoms with van der Waals surface area (Å²) in [4.78, 5) is 34.4. The Bertz CT molecular complexity index is 1020. The standard InChI is InChI=1S/C19H18F2N2O6S/c1-29-17(25)11-22-16(24)10-12-2-6-14(7-3-12)23-18(26)13-4-8-15(9-5-13)30(27,28)19(20)21/h2-9,19H,10-11H2,1H3,(H,22,24)(H,23,26). The van der Waals surface area contributed by atoms with Crippen LogP contribution in [0, 0.1) is 0 Å². The number of hydrogen-bond donors (Lipinski definition) is 2. The first-order valence-electron chi connectivity index (χ1n) is 8.49. The van der Waals surface area contributed by atoms with Crippen LogP contribution in [0.1, 0.15) is 15.9 Å². The normalized spacial score (nSPS) is 11.1. The first-order chi connectivity index (χ1) is 14.1. The first kappa shape index (κ1) is 22.9. The van der Waals surface area contributed by atoms with E-state index in [-0.39, 0.29) is 24.4 Å². The molecule has 0 bridgehead atoms. The second-order valence-electron chi connectivity index (χ2n) is 6.01. The van der Waals surface area contributed by atoms with Crippen molar-refractivity contribution in [2.75, 3.05) is 19.0 Å². The zero-order chi connectivity index (χ0) is 22.3. The van der Waals surface area contributed by atoms with Crippen molar-refractivity contribution < 1.29 is 36.3 Å². The lowest BCUT2D eigenvalue weighted by Gasteiger charge is -2.08. The summed E-state index contributed by atoms with van der Waals surface area (Å²) in [6, 6.07) is 10.4. The predicted molar refractivity (Wildman–Crippen MR) is 103 cm³/mol. The molecule has 160 valence electrons. The SMILES string of the molecule is COC(=O)CNC(=O)Cc1ccc(NC(=O)c2ccc(S(=O)(=O)C(F)F)cc2)cc1. The number of benzene rings is 2. The molecule has 0 unspecified atom stereocenters. The van der Waals surface area contributed by atoms with E-state index in [2.05, 4.69) is 15.4 Å². The van der Waals surface area contributed by atoms with Gasteiger partial charge in [-0.2, -0.15) is 8.78 Å². The number of alkyl halides is 2. The van der Waals surface area contributed by atoms with Gasteiger partial charge in [0.05, 0.1) is 18.4 Å². The number of anilines is 1. The van der Waals surface area contributed by atoms with Crippen molar-refractivity contribution in [2.24, 2.45) is 0 Å². The number of carbonyl (C=O) groups is 3. The maximum atomic E-state index is 12.5. The zero-order valence-electron chi connectivity index (χ0n) is 15.7. The highest BCUT2D eigenvalue weighted by atomic mass is 32.2. The smallest absolute Gasteiger partial charge is 0.341 e. The van der Waals surface area contributed by atoms with Crippen LogP contribution in [-0.2, 0) is 30.6 Å². The van der Waals surface area contributed by atoms with Crippen LogP contribution in [0.25, 0.3) is 0 Å². The van der Waals surface area contributed by atoms with E-state index in [1.807, 2.05) is 0 Å². The third-order valence-corrected chi connectivity index (χ3v) is 5.31. The number of esters is 1. The molecule has 2 amide bonds. The number of hydrogen-bond acceptors (Lipinski definition) is 6. The minimum absolute atomic E-state index is 0.0191. The summed E-state index contributed by atoms with van der Waals surface area (Å²) in [7, 11) is -3.52. The summed E-state index contributed by atoms with van der Waals surface area (Å²) in [5.74, 6) is -5.06. The summed E-state index contributed by atoms with van der Waals surface area (Å²) in [5, 5.41) is 4.97. The average Bonchev–Trinajstić information content (AvgIpc) is 2.73. The van der Waals surface area contributed by atoms with Crippen LogP contribution in [-0.4, -0.2) is 45.6 Å². The van der Waals surface area contributed by atoms with Crippen LogP contribution in [0.15, 0.2) is 53.4 Å². The minimum atomic E-state index is -4.73. The molecule has 0 saturated heterocycles. The Morgan fingerprint density at radius 1 is 1.00 bits per heavy atom. The van der Waals surface area contributed by atoms with Crippen molar-refractivity contribution in [3.63, 3.8) is 0 Å². The minimum Gasteiger partial charge on any atom is -0.468 e. The van der Waals surface area contributed by atoms with Gasteiger partial charge in [-0.1, -0.05) is 12.1 Å². The number of amides is 2. The summed E-state index contributed by atoms with van der Waals surface area (Å²) < 4.78 is 52.3. The first-order valence-corrected chi connectivity index (χ1v) is 10.0. The average molecular weight is 440 g/mol. The van der Waals surface area contributed by atoms with Crippen molar-refractivity contribution >= 4 is 33.3 Å². The number of ether oxygens (including phenoxy) is 1. The molecule has 2 N–H and O–H groups in total. The predicted octanol–water partition coefficient (Wildman–Crippen LogP) is 1.77. The summed E-state index contributed by atoms with van der Waals surface area (Å²) in [6.07, 6.45) is 0.0191. The highest BCUT2D eigenvalue weighted by molar-refractivity contribution is 7.91. The molecule has 0 spiro atoms. The van der Waals surface area contributed by atoms with Gasteiger partial charge in [0, 0.05) is 11.3 Å². The van der Waals surface area contributed by atoms with Crippen molar-refractivity contribution in [3.05, 3.63) is 59.7 Å². The van der Waals surface area contributed by atoms with Crippen molar-refractivity contribution in [3.8, 4) is 0 Å². The molecule has 0 aromatic heterocycles. The number of halogens is 2.